The van der Waals surface area contributed by atoms with Crippen LogP contribution in [-0.4, -0.2) is 34.7 Å². The maximum absolute atomic E-state index is 13.7. The molecule has 1 aliphatic heterocycles. The van der Waals surface area contributed by atoms with E-state index in [1.165, 1.54) is 6.20 Å². The summed E-state index contributed by atoms with van der Waals surface area (Å²) in [5, 5.41) is 1.04. The number of fused-ring (bicyclic) bond motifs is 1. The van der Waals surface area contributed by atoms with E-state index in [1.807, 2.05) is 45.0 Å². The van der Waals surface area contributed by atoms with Crippen LogP contribution < -0.4 is 5.43 Å². The molecule has 2 atom stereocenters. The third-order valence-corrected chi connectivity index (χ3v) is 7.23. The molecule has 1 aromatic heterocycles. The van der Waals surface area contributed by atoms with E-state index in [1.54, 1.807) is 36.6 Å². The first-order valence-electron chi connectivity index (χ1n) is 12.0. The summed E-state index contributed by atoms with van der Waals surface area (Å²) in [5.41, 5.74) is 0.419. The van der Waals surface area contributed by atoms with Crippen molar-refractivity contribution in [1.82, 2.24) is 4.98 Å². The van der Waals surface area contributed by atoms with E-state index in [-0.39, 0.29) is 23.4 Å². The number of hydrogen-bond donors (Lipinski definition) is 1. The molecule has 2 heterocycles. The largest absolute Gasteiger partial charge is 0.697 e. The maximum Gasteiger partial charge on any atom is 0.697 e. The van der Waals surface area contributed by atoms with Crippen LogP contribution in [0.1, 0.15) is 48.7 Å². The first kappa shape index (κ1) is 27.1. The van der Waals surface area contributed by atoms with Crippen LogP contribution in [0.25, 0.3) is 10.9 Å². The molecule has 0 saturated heterocycles. The van der Waals surface area contributed by atoms with E-state index in [0.29, 0.717) is 35.2 Å². The van der Waals surface area contributed by atoms with Gasteiger partial charge in [0.05, 0.1) is 5.56 Å². The molecule has 37 heavy (non-hydrogen) atoms. The molecule has 0 amide bonds. The summed E-state index contributed by atoms with van der Waals surface area (Å²) < 4.78 is 22.4. The zero-order valence-electron chi connectivity index (χ0n) is 21.0. The fraction of sp³-hybridized carbons (Fsp3) is 0.321. The van der Waals surface area contributed by atoms with Crippen molar-refractivity contribution in [2.24, 2.45) is 4.99 Å². The van der Waals surface area contributed by atoms with Gasteiger partial charge in [0, 0.05) is 39.3 Å². The fourth-order valence-electron chi connectivity index (χ4n) is 4.14. The van der Waals surface area contributed by atoms with Gasteiger partial charge in [0.1, 0.15) is 17.7 Å². The highest BCUT2D eigenvalue weighted by molar-refractivity contribution is 7.33. The highest BCUT2D eigenvalue weighted by Gasteiger charge is 2.39. The maximum atomic E-state index is 13.7. The third-order valence-electron chi connectivity index (χ3n) is 5.89. The molecule has 2 aromatic carbocycles. The molecule has 0 saturated carbocycles. The Balaban J connectivity index is 1.52. The summed E-state index contributed by atoms with van der Waals surface area (Å²) in [4.78, 5) is 34.7. The number of halogens is 1. The predicted molar refractivity (Wildman–Crippen MR) is 147 cm³/mol. The van der Waals surface area contributed by atoms with Crippen molar-refractivity contribution in [3.63, 3.8) is 0 Å². The number of hydrogen-bond acceptors (Lipinski definition) is 6. The Bertz CT molecular complexity index is 1430. The number of nitrogens with zero attached hydrogens (tertiary/aromatic N) is 1. The third kappa shape index (κ3) is 6.68. The number of aromatic amines is 1. The van der Waals surface area contributed by atoms with Crippen molar-refractivity contribution in [3.8, 4) is 0 Å². The molecule has 3 aromatic rings. The van der Waals surface area contributed by atoms with Crippen LogP contribution in [0.5, 0.6) is 0 Å². The predicted octanol–water partition coefficient (Wildman–Crippen LogP) is 6.41. The molecule has 0 aliphatic carbocycles. The molecule has 192 valence electrons. The van der Waals surface area contributed by atoms with E-state index in [4.69, 9.17) is 20.6 Å². The molecule has 0 bridgehead atoms. The second kappa shape index (κ2) is 11.2. The summed E-state index contributed by atoms with van der Waals surface area (Å²) >= 11 is 6.01. The van der Waals surface area contributed by atoms with Crippen molar-refractivity contribution in [1.29, 1.82) is 0 Å². The number of aromatic nitrogens is 1. The number of pyridine rings is 1. The van der Waals surface area contributed by atoms with E-state index < -0.39 is 19.4 Å². The molecular formula is C28H29ClN2O5P+. The number of Topliss-reactive ketones (excluding diaryl/α,β-unsaturated/α-hetero) is 1. The smallest absolute Gasteiger partial charge is 0.360 e. The number of carbonyl (C=O) groups is 1. The zero-order valence-corrected chi connectivity index (χ0v) is 22.6. The van der Waals surface area contributed by atoms with Gasteiger partial charge in [-0.05, 0) is 81.2 Å². The van der Waals surface area contributed by atoms with Crippen LogP contribution in [0.4, 0.5) is 0 Å². The molecule has 0 fully saturated rings. The molecular weight excluding hydrogens is 511 g/mol. The van der Waals surface area contributed by atoms with Crippen LogP contribution in [0, 0.1) is 0 Å². The van der Waals surface area contributed by atoms with Gasteiger partial charge in [-0.25, -0.2) is 0 Å². The fourth-order valence-corrected chi connectivity index (χ4v) is 5.05. The van der Waals surface area contributed by atoms with Crippen LogP contribution >= 0.6 is 19.9 Å². The molecule has 2 unspecified atom stereocenters. The summed E-state index contributed by atoms with van der Waals surface area (Å²) in [7, 11) is -2.19. The summed E-state index contributed by atoms with van der Waals surface area (Å²) in [6, 6.07) is 12.8. The number of benzene rings is 2. The van der Waals surface area contributed by atoms with Gasteiger partial charge in [0.25, 0.3) is 0 Å². The number of allylic oxidation sites excluding steroid dienone is 1. The van der Waals surface area contributed by atoms with Crippen LogP contribution in [0.3, 0.4) is 0 Å². The standard InChI is InChI=1S/C28H28ClN2O5P/c1-27(2,3)36-37(34)35-15-4-6-19-9-12-24-22(16-19)25(32)23(18-30-24)26(33)28(13-5-14-31-28)17-20-7-10-21(29)11-8-20/h5,7-14,16,18H,4,6,15,17H2,1-3H3/p+1. The van der Waals surface area contributed by atoms with Gasteiger partial charge < -0.3 is 4.98 Å². The van der Waals surface area contributed by atoms with Crippen molar-refractivity contribution in [2.75, 3.05) is 6.61 Å². The normalized spacial score (nSPS) is 17.5. The number of ketones is 1. The number of aliphatic imine (C=N–C) groups is 1. The highest BCUT2D eigenvalue weighted by Crippen LogP contribution is 2.31. The van der Waals surface area contributed by atoms with Gasteiger partial charge in [-0.2, -0.15) is 0 Å². The second-order valence-electron chi connectivity index (χ2n) is 9.97. The average molecular weight is 540 g/mol. The van der Waals surface area contributed by atoms with E-state index in [0.717, 1.165) is 11.1 Å². The monoisotopic (exact) mass is 539 g/mol. The minimum Gasteiger partial charge on any atom is -0.360 e. The number of rotatable bonds is 10. The lowest BCUT2D eigenvalue weighted by molar-refractivity contribution is 0.0922. The van der Waals surface area contributed by atoms with E-state index in [9.17, 15) is 14.2 Å². The first-order valence-corrected chi connectivity index (χ1v) is 13.5. The number of carbonyl (C=O) groups excluding carboxylic acids is 1. The molecule has 1 aliphatic rings. The molecule has 7 nitrogen and oxygen atoms in total. The number of H-pyrrole nitrogens is 1. The Labute approximate surface area is 221 Å². The van der Waals surface area contributed by atoms with E-state index >= 15 is 0 Å². The Hall–Kier alpha value is -2.96. The Kier molecular flexibility index (Phi) is 8.20. The second-order valence-corrected chi connectivity index (χ2v) is 11.3. The number of aryl methyl sites for hydroxylation is 1. The van der Waals surface area contributed by atoms with Crippen LogP contribution in [0.15, 0.2) is 70.6 Å². The highest BCUT2D eigenvalue weighted by atomic mass is 35.5. The minimum absolute atomic E-state index is 0.0574. The topological polar surface area (TPSA) is 97.8 Å². The lowest BCUT2D eigenvalue weighted by atomic mass is 9.84. The van der Waals surface area contributed by atoms with Crippen molar-refractivity contribution in [3.05, 3.63) is 92.7 Å². The summed E-state index contributed by atoms with van der Waals surface area (Å²) in [5.74, 6) is -0.364. The molecule has 1 N–H and O–H groups in total. The Morgan fingerprint density at radius 3 is 2.54 bits per heavy atom. The van der Waals surface area contributed by atoms with Crippen LogP contribution in [0.2, 0.25) is 5.02 Å². The molecule has 0 spiro atoms. The SMILES string of the molecule is CC(C)(C)O[P+](=O)OCCCc1ccc2[nH]cc(C(=O)C3(Cc4ccc(Cl)cc4)C=CC=N3)c(=O)c2c1. The lowest BCUT2D eigenvalue weighted by Gasteiger charge is -2.23. The van der Waals surface area contributed by atoms with Crippen molar-refractivity contribution < 1.29 is 18.4 Å². The van der Waals surface area contributed by atoms with Gasteiger partial charge in [0.2, 0.25) is 0 Å². The van der Waals surface area contributed by atoms with Crippen molar-refractivity contribution >= 4 is 42.8 Å². The number of nitrogens with one attached hydrogen (secondary N) is 1. The van der Waals surface area contributed by atoms with Crippen molar-refractivity contribution in [2.45, 2.75) is 51.2 Å². The van der Waals surface area contributed by atoms with E-state index in [2.05, 4.69) is 9.98 Å². The van der Waals surface area contributed by atoms with Gasteiger partial charge in [-0.15, -0.1) is 9.05 Å². The summed E-state index contributed by atoms with van der Waals surface area (Å²) in [6.45, 7) is 5.69. The molecule has 0 radical (unpaired) electrons. The Morgan fingerprint density at radius 1 is 1.14 bits per heavy atom. The van der Waals surface area contributed by atoms with Gasteiger partial charge >= 0.3 is 8.25 Å². The molecule has 9 heteroatoms. The van der Waals surface area contributed by atoms with Gasteiger partial charge in [-0.1, -0.05) is 29.8 Å². The summed E-state index contributed by atoms with van der Waals surface area (Å²) in [6.07, 6.45) is 8.04. The quantitative estimate of drug-likeness (QED) is 0.182. The lowest BCUT2D eigenvalue weighted by Crippen LogP contribution is -2.38. The average Bonchev–Trinajstić information content (AvgIpc) is 3.32. The molecule has 4 rings (SSSR count). The first-order chi connectivity index (χ1) is 17.6. The zero-order chi connectivity index (χ0) is 26.6. The minimum atomic E-state index is -2.19. The van der Waals surface area contributed by atoms with Gasteiger partial charge in [-0.3, -0.25) is 14.6 Å². The van der Waals surface area contributed by atoms with Crippen LogP contribution in [-0.2, 0) is 26.5 Å². The Morgan fingerprint density at radius 2 is 1.86 bits per heavy atom. The van der Waals surface area contributed by atoms with Gasteiger partial charge in [0.15, 0.2) is 11.2 Å².